The minimum atomic E-state index is 0.508. The summed E-state index contributed by atoms with van der Waals surface area (Å²) in [6.45, 7) is 0. The van der Waals surface area contributed by atoms with Crippen LogP contribution in [0.4, 0.5) is 17.5 Å². The van der Waals surface area contributed by atoms with Crippen molar-refractivity contribution in [1.82, 2.24) is 9.97 Å². The lowest BCUT2D eigenvalue weighted by atomic mass is 9.92. The van der Waals surface area contributed by atoms with Gasteiger partial charge in [-0.15, -0.1) is 0 Å². The monoisotopic (exact) mass is 338 g/mol. The van der Waals surface area contributed by atoms with Gasteiger partial charge in [0, 0.05) is 11.4 Å². The number of hydrogen-bond donors (Lipinski definition) is 2. The number of anilines is 3. The number of nitrogens with one attached hydrogen (secondary N) is 2. The Balaban J connectivity index is 1.72. The number of aryl methyl sites for hydroxylation is 1. The Morgan fingerprint density at radius 1 is 1.21 bits per heavy atom. The zero-order valence-corrected chi connectivity index (χ0v) is 14.1. The van der Waals surface area contributed by atoms with Gasteiger partial charge in [0.25, 0.3) is 0 Å². The fourth-order valence-corrected chi connectivity index (χ4v) is 3.34. The molecule has 1 aliphatic heterocycles. The van der Waals surface area contributed by atoms with Gasteiger partial charge >= 0.3 is 0 Å². The highest BCUT2D eigenvalue weighted by Crippen LogP contribution is 2.28. The molecular formula is C19H19ClN4. The summed E-state index contributed by atoms with van der Waals surface area (Å²) in [5.41, 5.74) is 3.47. The van der Waals surface area contributed by atoms with E-state index in [1.165, 1.54) is 18.4 Å². The molecule has 1 atom stereocenters. The van der Waals surface area contributed by atoms with E-state index >= 15 is 0 Å². The van der Waals surface area contributed by atoms with E-state index in [-0.39, 0.29) is 0 Å². The van der Waals surface area contributed by atoms with Gasteiger partial charge in [0.2, 0.25) is 5.95 Å². The third-order valence-corrected chi connectivity index (χ3v) is 4.69. The van der Waals surface area contributed by atoms with Gasteiger partial charge in [-0.2, -0.15) is 4.98 Å². The van der Waals surface area contributed by atoms with Crippen molar-refractivity contribution in [1.29, 1.82) is 0 Å². The van der Waals surface area contributed by atoms with Gasteiger partial charge < -0.3 is 10.6 Å². The number of halogens is 1. The minimum absolute atomic E-state index is 0.508. The van der Waals surface area contributed by atoms with Crippen LogP contribution < -0.4 is 10.6 Å². The summed E-state index contributed by atoms with van der Waals surface area (Å²) in [4.78, 5) is 8.83. The first-order valence-corrected chi connectivity index (χ1v) is 8.67. The molecule has 6 bridgehead atoms. The molecule has 2 heterocycles. The highest BCUT2D eigenvalue weighted by atomic mass is 35.5. The lowest BCUT2D eigenvalue weighted by Crippen LogP contribution is -2.11. The standard InChI is InChI=1S/C19H19ClN4/c20-17-12-21-19-23-16-9-3-7-14(11-16)5-1-4-13-6-2-8-15(10-13)22-18(17)24-19/h2-3,6-10,12,14H,1,4-5,11H2,(H2,21,22,23,24). The van der Waals surface area contributed by atoms with Crippen LogP contribution in [0.15, 0.2) is 54.4 Å². The fourth-order valence-electron chi connectivity index (χ4n) is 3.21. The van der Waals surface area contributed by atoms with E-state index in [4.69, 9.17) is 11.6 Å². The van der Waals surface area contributed by atoms with Gasteiger partial charge in [0.05, 0.1) is 6.20 Å². The van der Waals surface area contributed by atoms with Crippen LogP contribution in [-0.4, -0.2) is 9.97 Å². The quantitative estimate of drug-likeness (QED) is 0.703. The van der Waals surface area contributed by atoms with E-state index in [0.29, 0.717) is 22.7 Å². The van der Waals surface area contributed by atoms with E-state index in [1.54, 1.807) is 6.20 Å². The largest absolute Gasteiger partial charge is 0.339 e. The van der Waals surface area contributed by atoms with Crippen LogP contribution in [-0.2, 0) is 6.42 Å². The summed E-state index contributed by atoms with van der Waals surface area (Å²) >= 11 is 6.26. The topological polar surface area (TPSA) is 49.8 Å². The molecule has 1 aromatic carbocycles. The van der Waals surface area contributed by atoms with Crippen LogP contribution in [0.2, 0.25) is 5.02 Å². The first kappa shape index (κ1) is 15.2. The third kappa shape index (κ3) is 3.44. The second-order valence-corrected chi connectivity index (χ2v) is 6.68. The van der Waals surface area contributed by atoms with E-state index in [0.717, 1.165) is 24.2 Å². The van der Waals surface area contributed by atoms with E-state index in [2.05, 4.69) is 57.0 Å². The number of aromatic nitrogens is 2. The summed E-state index contributed by atoms with van der Waals surface area (Å²) in [5.74, 6) is 1.75. The van der Waals surface area contributed by atoms with Crippen molar-refractivity contribution in [3.8, 4) is 0 Å². The molecule has 24 heavy (non-hydrogen) atoms. The van der Waals surface area contributed by atoms with Crippen LogP contribution in [0.3, 0.4) is 0 Å². The normalized spacial score (nSPS) is 19.5. The predicted molar refractivity (Wildman–Crippen MR) is 98.7 cm³/mol. The Bertz CT molecular complexity index is 813. The lowest BCUT2D eigenvalue weighted by Gasteiger charge is -2.20. The lowest BCUT2D eigenvalue weighted by molar-refractivity contribution is 0.552. The Hall–Kier alpha value is -2.33. The average Bonchev–Trinajstić information content (AvgIpc) is 2.58. The van der Waals surface area contributed by atoms with Crippen LogP contribution >= 0.6 is 11.6 Å². The van der Waals surface area contributed by atoms with Crippen molar-refractivity contribution < 1.29 is 0 Å². The summed E-state index contributed by atoms with van der Waals surface area (Å²) in [6, 6.07) is 8.44. The zero-order chi connectivity index (χ0) is 16.4. The molecule has 5 heteroatoms. The maximum atomic E-state index is 6.26. The molecule has 1 aliphatic carbocycles. The Labute approximate surface area is 146 Å². The molecule has 0 spiro atoms. The number of allylic oxidation sites excluding steroid dienone is 4. The molecule has 2 aliphatic rings. The molecule has 2 aromatic rings. The first-order chi connectivity index (χ1) is 11.8. The van der Waals surface area contributed by atoms with E-state index < -0.39 is 0 Å². The van der Waals surface area contributed by atoms with Crippen molar-refractivity contribution >= 4 is 29.1 Å². The summed E-state index contributed by atoms with van der Waals surface area (Å²) in [6.07, 6.45) is 12.6. The first-order valence-electron chi connectivity index (χ1n) is 8.29. The van der Waals surface area contributed by atoms with Crippen molar-refractivity contribution in [2.75, 3.05) is 10.6 Å². The number of hydrogen-bond acceptors (Lipinski definition) is 4. The highest BCUT2D eigenvalue weighted by molar-refractivity contribution is 6.32. The van der Waals surface area contributed by atoms with Crippen molar-refractivity contribution in [3.63, 3.8) is 0 Å². The summed E-state index contributed by atoms with van der Waals surface area (Å²) in [7, 11) is 0. The maximum absolute atomic E-state index is 6.26. The highest BCUT2D eigenvalue weighted by Gasteiger charge is 2.14. The molecule has 122 valence electrons. The van der Waals surface area contributed by atoms with Gasteiger partial charge in [-0.3, -0.25) is 0 Å². The van der Waals surface area contributed by atoms with Gasteiger partial charge in [0.1, 0.15) is 5.02 Å². The number of benzene rings is 1. The van der Waals surface area contributed by atoms with E-state index in [1.807, 2.05) is 6.07 Å². The predicted octanol–water partition coefficient (Wildman–Crippen LogP) is 5.08. The Morgan fingerprint density at radius 3 is 3.12 bits per heavy atom. The van der Waals surface area contributed by atoms with Crippen molar-refractivity contribution in [2.24, 2.45) is 5.92 Å². The Morgan fingerprint density at radius 2 is 2.17 bits per heavy atom. The smallest absolute Gasteiger partial charge is 0.228 e. The van der Waals surface area contributed by atoms with Crippen molar-refractivity contribution in [2.45, 2.75) is 25.7 Å². The minimum Gasteiger partial charge on any atom is -0.339 e. The maximum Gasteiger partial charge on any atom is 0.228 e. The summed E-state index contributed by atoms with van der Waals surface area (Å²) < 4.78 is 0. The number of fused-ring (bicyclic) bond motifs is 6. The van der Waals surface area contributed by atoms with Gasteiger partial charge in [-0.05, 0) is 55.4 Å². The number of rotatable bonds is 0. The molecule has 2 N–H and O–H groups in total. The van der Waals surface area contributed by atoms with Gasteiger partial charge in [-0.1, -0.05) is 35.9 Å². The SMILES string of the molecule is Clc1cnc2nc1Nc1cccc(c1)CCCC1C=CC=C(C1)N2. The molecule has 0 saturated carbocycles. The number of nitrogens with zero attached hydrogens (tertiary/aromatic N) is 2. The third-order valence-electron chi connectivity index (χ3n) is 4.41. The summed E-state index contributed by atoms with van der Waals surface area (Å²) in [5, 5.41) is 7.14. The van der Waals surface area contributed by atoms with E-state index in [9.17, 15) is 0 Å². The molecule has 0 amide bonds. The molecule has 4 rings (SSSR count). The Kier molecular flexibility index (Phi) is 4.22. The van der Waals surface area contributed by atoms with Gasteiger partial charge in [-0.25, -0.2) is 4.98 Å². The second-order valence-electron chi connectivity index (χ2n) is 6.27. The fraction of sp³-hybridized carbons (Fsp3) is 0.263. The molecule has 4 nitrogen and oxygen atoms in total. The molecular weight excluding hydrogens is 320 g/mol. The van der Waals surface area contributed by atoms with Crippen LogP contribution in [0.1, 0.15) is 24.8 Å². The molecule has 1 unspecified atom stereocenters. The van der Waals surface area contributed by atoms with Crippen molar-refractivity contribution in [3.05, 3.63) is 65.0 Å². The average molecular weight is 339 g/mol. The second kappa shape index (κ2) is 6.65. The molecule has 0 fully saturated rings. The van der Waals surface area contributed by atoms with Crippen LogP contribution in [0.5, 0.6) is 0 Å². The van der Waals surface area contributed by atoms with Gasteiger partial charge in [0.15, 0.2) is 5.82 Å². The molecule has 0 saturated heterocycles. The molecule has 1 aromatic heterocycles. The zero-order valence-electron chi connectivity index (χ0n) is 13.3. The van der Waals surface area contributed by atoms with Crippen LogP contribution in [0.25, 0.3) is 0 Å². The van der Waals surface area contributed by atoms with Crippen LogP contribution in [0, 0.1) is 5.92 Å². The molecule has 0 radical (unpaired) electrons.